The number of amides is 1. The fourth-order valence-electron chi connectivity index (χ4n) is 1.86. The minimum Gasteiger partial charge on any atom is -0.348 e. The van der Waals surface area contributed by atoms with Crippen molar-refractivity contribution in [3.05, 3.63) is 34.9 Å². The van der Waals surface area contributed by atoms with Crippen molar-refractivity contribution in [2.24, 2.45) is 0 Å². The van der Waals surface area contributed by atoms with Gasteiger partial charge in [0, 0.05) is 12.1 Å². The van der Waals surface area contributed by atoms with E-state index in [9.17, 15) is 9.18 Å². The van der Waals surface area contributed by atoms with Gasteiger partial charge in [-0.25, -0.2) is 4.39 Å². The third kappa shape index (κ3) is 1.52. The van der Waals surface area contributed by atoms with Crippen LogP contribution in [-0.2, 0) is 6.54 Å². The van der Waals surface area contributed by atoms with E-state index in [1.165, 1.54) is 11.5 Å². The number of pyridine rings is 1. The van der Waals surface area contributed by atoms with E-state index in [1.807, 2.05) is 13.0 Å². The maximum atomic E-state index is 13.5. The second kappa shape index (κ2) is 3.59. The lowest BCUT2D eigenvalue weighted by Gasteiger charge is -2.03. The zero-order chi connectivity index (χ0) is 12.0. The van der Waals surface area contributed by atoms with Crippen LogP contribution in [0.2, 0.25) is 0 Å². The van der Waals surface area contributed by atoms with E-state index in [2.05, 4.69) is 14.7 Å². The highest BCUT2D eigenvalue weighted by atomic mass is 32.1. The first-order valence-corrected chi connectivity index (χ1v) is 5.83. The number of rotatable bonds is 1. The molecular formula is C11H8FN3OS. The number of hydrogen-bond donors (Lipinski definition) is 1. The average molecular weight is 249 g/mol. The third-order valence-electron chi connectivity index (χ3n) is 2.65. The fraction of sp³-hybridized carbons (Fsp3) is 0.182. The van der Waals surface area contributed by atoms with E-state index in [4.69, 9.17) is 0 Å². The molecule has 1 aliphatic heterocycles. The molecule has 86 valence electrons. The second-order valence-corrected chi connectivity index (χ2v) is 4.63. The van der Waals surface area contributed by atoms with E-state index in [0.717, 1.165) is 16.8 Å². The van der Waals surface area contributed by atoms with Gasteiger partial charge in [-0.3, -0.25) is 9.78 Å². The number of carbonyl (C=O) groups is 1. The Bertz CT molecular complexity index is 623. The lowest BCUT2D eigenvalue weighted by Crippen LogP contribution is -2.13. The van der Waals surface area contributed by atoms with Crippen LogP contribution >= 0.6 is 11.5 Å². The summed E-state index contributed by atoms with van der Waals surface area (Å²) >= 11 is 1.26. The first kappa shape index (κ1) is 10.3. The quantitative estimate of drug-likeness (QED) is 0.839. The van der Waals surface area contributed by atoms with Gasteiger partial charge < -0.3 is 5.32 Å². The number of aromatic nitrogens is 2. The second-order valence-electron chi connectivity index (χ2n) is 3.82. The number of hydrogen-bond acceptors (Lipinski definition) is 4. The molecule has 3 heterocycles. The van der Waals surface area contributed by atoms with Crippen LogP contribution in [0.3, 0.4) is 0 Å². The standard InChI is InChI=1S/C11H8FN3OS/c1-5-2-8(17-15-5)10-9-6(3-14-11(9)16)7(12)4-13-10/h2,4H,3H2,1H3,(H,14,16). The SMILES string of the molecule is Cc1cc(-c2ncc(F)c3c2C(=O)NC3)sn1. The fourth-order valence-corrected chi connectivity index (χ4v) is 2.62. The van der Waals surface area contributed by atoms with Gasteiger partial charge in [0.05, 0.1) is 28.0 Å². The molecule has 6 heteroatoms. The molecule has 0 aliphatic carbocycles. The Morgan fingerprint density at radius 2 is 2.35 bits per heavy atom. The molecule has 0 bridgehead atoms. The largest absolute Gasteiger partial charge is 0.348 e. The van der Waals surface area contributed by atoms with Crippen molar-refractivity contribution < 1.29 is 9.18 Å². The topological polar surface area (TPSA) is 54.9 Å². The zero-order valence-electron chi connectivity index (χ0n) is 8.95. The maximum absolute atomic E-state index is 13.5. The summed E-state index contributed by atoms with van der Waals surface area (Å²) in [6.45, 7) is 2.09. The summed E-state index contributed by atoms with van der Waals surface area (Å²) in [6, 6.07) is 1.84. The van der Waals surface area contributed by atoms with E-state index in [-0.39, 0.29) is 12.5 Å². The Morgan fingerprint density at radius 3 is 3.06 bits per heavy atom. The highest BCUT2D eigenvalue weighted by Gasteiger charge is 2.28. The molecule has 1 amide bonds. The van der Waals surface area contributed by atoms with Crippen LogP contribution in [0.25, 0.3) is 10.6 Å². The van der Waals surface area contributed by atoms with Gasteiger partial charge in [-0.1, -0.05) is 0 Å². The Hall–Kier alpha value is -1.82. The Labute approximate surface area is 101 Å². The molecule has 0 radical (unpaired) electrons. The van der Waals surface area contributed by atoms with E-state index < -0.39 is 5.82 Å². The lowest BCUT2D eigenvalue weighted by molar-refractivity contribution is 0.0966. The summed E-state index contributed by atoms with van der Waals surface area (Å²) in [6.07, 6.45) is 1.16. The van der Waals surface area contributed by atoms with E-state index >= 15 is 0 Å². The predicted molar refractivity (Wildman–Crippen MR) is 61.2 cm³/mol. The van der Waals surface area contributed by atoms with Crippen LogP contribution in [0.5, 0.6) is 0 Å². The Balaban J connectivity index is 2.25. The van der Waals surface area contributed by atoms with Gasteiger partial charge in [0.25, 0.3) is 5.91 Å². The minimum atomic E-state index is -0.441. The number of aryl methyl sites for hydroxylation is 1. The van der Waals surface area contributed by atoms with Crippen molar-refractivity contribution in [3.8, 4) is 10.6 Å². The summed E-state index contributed by atoms with van der Waals surface area (Å²) < 4.78 is 17.6. The number of nitrogens with one attached hydrogen (secondary N) is 1. The van der Waals surface area contributed by atoms with Gasteiger partial charge in [0.2, 0.25) is 0 Å². The van der Waals surface area contributed by atoms with Gasteiger partial charge in [-0.05, 0) is 24.5 Å². The molecule has 4 nitrogen and oxygen atoms in total. The monoisotopic (exact) mass is 249 g/mol. The van der Waals surface area contributed by atoms with Crippen LogP contribution in [0.4, 0.5) is 4.39 Å². The van der Waals surface area contributed by atoms with Crippen molar-refractivity contribution >= 4 is 17.4 Å². The number of carbonyl (C=O) groups excluding carboxylic acids is 1. The van der Waals surface area contributed by atoms with Gasteiger partial charge in [0.15, 0.2) is 0 Å². The normalized spacial score (nSPS) is 13.6. The maximum Gasteiger partial charge on any atom is 0.254 e. The van der Waals surface area contributed by atoms with Gasteiger partial charge >= 0.3 is 0 Å². The van der Waals surface area contributed by atoms with Crippen molar-refractivity contribution in [2.75, 3.05) is 0 Å². The smallest absolute Gasteiger partial charge is 0.254 e. The molecule has 0 saturated heterocycles. The van der Waals surface area contributed by atoms with Crippen molar-refractivity contribution in [1.82, 2.24) is 14.7 Å². The summed E-state index contributed by atoms with van der Waals surface area (Å²) in [7, 11) is 0. The molecular weight excluding hydrogens is 241 g/mol. The summed E-state index contributed by atoms with van der Waals surface area (Å²) in [5.74, 6) is -0.712. The van der Waals surface area contributed by atoms with Gasteiger partial charge in [0.1, 0.15) is 5.82 Å². The van der Waals surface area contributed by atoms with Crippen molar-refractivity contribution in [2.45, 2.75) is 13.5 Å². The summed E-state index contributed by atoms with van der Waals surface area (Å²) in [5, 5.41) is 2.61. The first-order chi connectivity index (χ1) is 8.16. The van der Waals surface area contributed by atoms with E-state index in [0.29, 0.717) is 16.8 Å². The molecule has 17 heavy (non-hydrogen) atoms. The molecule has 0 fully saturated rings. The van der Waals surface area contributed by atoms with Crippen LogP contribution in [-0.4, -0.2) is 15.3 Å². The third-order valence-corrected chi connectivity index (χ3v) is 3.54. The first-order valence-electron chi connectivity index (χ1n) is 5.06. The zero-order valence-corrected chi connectivity index (χ0v) is 9.77. The molecule has 0 unspecified atom stereocenters. The lowest BCUT2D eigenvalue weighted by atomic mass is 10.1. The molecule has 2 aromatic heterocycles. The molecule has 3 rings (SSSR count). The summed E-state index contributed by atoms with van der Waals surface area (Å²) in [4.78, 5) is 16.5. The van der Waals surface area contributed by atoms with Gasteiger partial charge in [-0.15, -0.1) is 0 Å². The van der Waals surface area contributed by atoms with Crippen LogP contribution in [0.1, 0.15) is 21.6 Å². The van der Waals surface area contributed by atoms with Crippen molar-refractivity contribution in [3.63, 3.8) is 0 Å². The molecule has 0 atom stereocenters. The molecule has 0 saturated carbocycles. The molecule has 0 spiro atoms. The molecule has 1 N–H and O–H groups in total. The van der Waals surface area contributed by atoms with E-state index in [1.54, 1.807) is 0 Å². The Morgan fingerprint density at radius 1 is 1.53 bits per heavy atom. The molecule has 0 aromatic carbocycles. The number of fused-ring (bicyclic) bond motifs is 1. The van der Waals surface area contributed by atoms with Gasteiger partial charge in [-0.2, -0.15) is 4.37 Å². The van der Waals surface area contributed by atoms with Crippen LogP contribution in [0, 0.1) is 12.7 Å². The van der Waals surface area contributed by atoms with Crippen LogP contribution < -0.4 is 5.32 Å². The Kier molecular flexibility index (Phi) is 2.19. The highest BCUT2D eigenvalue weighted by Crippen LogP contribution is 2.31. The van der Waals surface area contributed by atoms with Crippen LogP contribution in [0.15, 0.2) is 12.3 Å². The number of nitrogens with zero attached hydrogens (tertiary/aromatic N) is 2. The number of halogens is 1. The molecule has 1 aliphatic rings. The minimum absolute atomic E-state index is 0.229. The average Bonchev–Trinajstić information content (AvgIpc) is 2.88. The summed E-state index contributed by atoms with van der Waals surface area (Å²) in [5.41, 5.74) is 2.12. The van der Waals surface area contributed by atoms with Crippen molar-refractivity contribution in [1.29, 1.82) is 0 Å². The predicted octanol–water partition coefficient (Wildman–Crippen LogP) is 1.90. The highest BCUT2D eigenvalue weighted by molar-refractivity contribution is 7.09. The molecule has 2 aromatic rings.